The molecule has 0 aromatic heterocycles. The zero-order valence-corrected chi connectivity index (χ0v) is 13.3. The van der Waals surface area contributed by atoms with Crippen molar-refractivity contribution < 1.29 is 4.79 Å². The Morgan fingerprint density at radius 2 is 1.80 bits per heavy atom. The maximum Gasteiger partial charge on any atom is 0.251 e. The smallest absolute Gasteiger partial charge is 0.251 e. The number of halogens is 1. The SMILES string of the molecule is Cc1ccccc1C(=O)N[C@@H](C)Cc1ccc(Br)cc1. The van der Waals surface area contributed by atoms with Crippen molar-refractivity contribution in [2.45, 2.75) is 26.3 Å². The summed E-state index contributed by atoms with van der Waals surface area (Å²) in [5, 5.41) is 3.05. The second kappa shape index (κ2) is 6.71. The summed E-state index contributed by atoms with van der Waals surface area (Å²) in [6, 6.07) is 15.9. The van der Waals surface area contributed by atoms with Gasteiger partial charge in [-0.3, -0.25) is 4.79 Å². The summed E-state index contributed by atoms with van der Waals surface area (Å²) < 4.78 is 1.07. The summed E-state index contributed by atoms with van der Waals surface area (Å²) in [6.45, 7) is 3.98. The maximum atomic E-state index is 12.2. The lowest BCUT2D eigenvalue weighted by molar-refractivity contribution is 0.0939. The lowest BCUT2D eigenvalue weighted by Gasteiger charge is -2.15. The van der Waals surface area contributed by atoms with Crippen LogP contribution in [0.15, 0.2) is 53.0 Å². The molecule has 0 bridgehead atoms. The van der Waals surface area contributed by atoms with Crippen molar-refractivity contribution in [1.29, 1.82) is 0 Å². The van der Waals surface area contributed by atoms with E-state index in [-0.39, 0.29) is 11.9 Å². The zero-order chi connectivity index (χ0) is 14.5. The number of aryl methyl sites for hydroxylation is 1. The molecule has 0 radical (unpaired) electrons. The molecule has 3 heteroatoms. The van der Waals surface area contributed by atoms with E-state index in [2.05, 4.69) is 33.4 Å². The van der Waals surface area contributed by atoms with Crippen LogP contribution < -0.4 is 5.32 Å². The van der Waals surface area contributed by atoms with Gasteiger partial charge in [-0.05, 0) is 49.6 Å². The lowest BCUT2D eigenvalue weighted by atomic mass is 10.1. The van der Waals surface area contributed by atoms with Crippen molar-refractivity contribution in [2.24, 2.45) is 0 Å². The van der Waals surface area contributed by atoms with Crippen LogP contribution in [0.25, 0.3) is 0 Å². The van der Waals surface area contributed by atoms with Gasteiger partial charge in [-0.1, -0.05) is 46.3 Å². The van der Waals surface area contributed by atoms with E-state index < -0.39 is 0 Å². The lowest BCUT2D eigenvalue weighted by Crippen LogP contribution is -2.34. The summed E-state index contributed by atoms with van der Waals surface area (Å²) in [4.78, 5) is 12.2. The van der Waals surface area contributed by atoms with E-state index in [1.54, 1.807) is 0 Å². The molecule has 20 heavy (non-hydrogen) atoms. The highest BCUT2D eigenvalue weighted by Crippen LogP contribution is 2.12. The predicted molar refractivity (Wildman–Crippen MR) is 86.0 cm³/mol. The standard InChI is InChI=1S/C17H18BrNO/c1-12-5-3-4-6-16(12)17(20)19-13(2)11-14-7-9-15(18)10-8-14/h3-10,13H,11H2,1-2H3,(H,19,20)/t13-/m0/s1. The van der Waals surface area contributed by atoms with E-state index in [1.807, 2.05) is 50.2 Å². The van der Waals surface area contributed by atoms with Crippen LogP contribution in [0.3, 0.4) is 0 Å². The number of amides is 1. The van der Waals surface area contributed by atoms with E-state index in [1.165, 1.54) is 5.56 Å². The zero-order valence-electron chi connectivity index (χ0n) is 11.7. The first-order valence-corrected chi connectivity index (χ1v) is 7.46. The van der Waals surface area contributed by atoms with E-state index in [0.29, 0.717) is 0 Å². The van der Waals surface area contributed by atoms with Gasteiger partial charge in [0.1, 0.15) is 0 Å². The van der Waals surface area contributed by atoms with Crippen LogP contribution in [0.4, 0.5) is 0 Å². The molecule has 2 aromatic rings. The largest absolute Gasteiger partial charge is 0.349 e. The fourth-order valence-electron chi connectivity index (χ4n) is 2.15. The summed E-state index contributed by atoms with van der Waals surface area (Å²) in [6.07, 6.45) is 0.824. The van der Waals surface area contributed by atoms with Crippen molar-refractivity contribution >= 4 is 21.8 Å². The first-order chi connectivity index (χ1) is 9.56. The highest BCUT2D eigenvalue weighted by molar-refractivity contribution is 9.10. The van der Waals surface area contributed by atoms with Gasteiger partial charge < -0.3 is 5.32 Å². The monoisotopic (exact) mass is 331 g/mol. The molecule has 0 fully saturated rings. The van der Waals surface area contributed by atoms with Gasteiger partial charge in [-0.15, -0.1) is 0 Å². The highest BCUT2D eigenvalue weighted by atomic mass is 79.9. The summed E-state index contributed by atoms with van der Waals surface area (Å²) in [5.41, 5.74) is 2.96. The molecule has 2 rings (SSSR count). The molecule has 1 N–H and O–H groups in total. The van der Waals surface area contributed by atoms with Crippen molar-refractivity contribution in [3.05, 3.63) is 69.7 Å². The molecule has 104 valence electrons. The molecule has 0 saturated carbocycles. The number of benzene rings is 2. The Hall–Kier alpha value is -1.61. The normalized spacial score (nSPS) is 11.9. The van der Waals surface area contributed by atoms with Crippen LogP contribution in [0.2, 0.25) is 0 Å². The Kier molecular flexibility index (Phi) is 4.96. The van der Waals surface area contributed by atoms with Crippen molar-refractivity contribution in [3.63, 3.8) is 0 Å². The minimum absolute atomic E-state index is 0.00675. The van der Waals surface area contributed by atoms with Crippen LogP contribution in [-0.4, -0.2) is 11.9 Å². The fourth-order valence-corrected chi connectivity index (χ4v) is 2.42. The topological polar surface area (TPSA) is 29.1 Å². The van der Waals surface area contributed by atoms with Gasteiger partial charge in [-0.25, -0.2) is 0 Å². The van der Waals surface area contributed by atoms with Gasteiger partial charge in [0.15, 0.2) is 0 Å². The number of hydrogen-bond donors (Lipinski definition) is 1. The minimum Gasteiger partial charge on any atom is -0.349 e. The average Bonchev–Trinajstić information content (AvgIpc) is 2.41. The van der Waals surface area contributed by atoms with Crippen molar-refractivity contribution in [1.82, 2.24) is 5.32 Å². The Labute approximate surface area is 128 Å². The molecule has 0 aliphatic carbocycles. The summed E-state index contributed by atoms with van der Waals surface area (Å²) in [5.74, 6) is -0.00675. The fraction of sp³-hybridized carbons (Fsp3) is 0.235. The van der Waals surface area contributed by atoms with Gasteiger partial charge in [0.25, 0.3) is 5.91 Å². The molecule has 1 atom stereocenters. The predicted octanol–water partition coefficient (Wildman–Crippen LogP) is 4.12. The molecule has 0 spiro atoms. The molecule has 0 aliphatic heterocycles. The van der Waals surface area contributed by atoms with E-state index in [9.17, 15) is 4.79 Å². The van der Waals surface area contributed by atoms with Crippen molar-refractivity contribution in [3.8, 4) is 0 Å². The van der Waals surface area contributed by atoms with Crippen LogP contribution >= 0.6 is 15.9 Å². The third kappa shape index (κ3) is 3.94. The third-order valence-corrected chi connectivity index (χ3v) is 3.75. The molecule has 1 amide bonds. The Balaban J connectivity index is 1.98. The quantitative estimate of drug-likeness (QED) is 0.897. The van der Waals surface area contributed by atoms with E-state index >= 15 is 0 Å². The Bertz CT molecular complexity index is 592. The number of hydrogen-bond acceptors (Lipinski definition) is 1. The average molecular weight is 332 g/mol. The van der Waals surface area contributed by atoms with Gasteiger partial charge in [0, 0.05) is 16.1 Å². The summed E-state index contributed by atoms with van der Waals surface area (Å²) >= 11 is 3.42. The first-order valence-electron chi connectivity index (χ1n) is 6.67. The van der Waals surface area contributed by atoms with E-state index in [0.717, 1.165) is 22.0 Å². The van der Waals surface area contributed by atoms with Crippen LogP contribution in [0.1, 0.15) is 28.4 Å². The minimum atomic E-state index is -0.00675. The number of rotatable bonds is 4. The molecular formula is C17H18BrNO. The number of carbonyl (C=O) groups excluding carboxylic acids is 1. The van der Waals surface area contributed by atoms with Crippen LogP contribution in [0.5, 0.6) is 0 Å². The Morgan fingerprint density at radius 3 is 2.45 bits per heavy atom. The molecule has 2 nitrogen and oxygen atoms in total. The van der Waals surface area contributed by atoms with E-state index in [4.69, 9.17) is 0 Å². The summed E-state index contributed by atoms with van der Waals surface area (Å²) in [7, 11) is 0. The molecular weight excluding hydrogens is 314 g/mol. The second-order valence-corrected chi connectivity index (χ2v) is 5.94. The number of carbonyl (C=O) groups is 1. The second-order valence-electron chi connectivity index (χ2n) is 5.02. The molecule has 0 unspecified atom stereocenters. The molecule has 0 heterocycles. The van der Waals surface area contributed by atoms with Gasteiger partial charge in [0.05, 0.1) is 0 Å². The molecule has 2 aromatic carbocycles. The van der Waals surface area contributed by atoms with Crippen LogP contribution in [0, 0.1) is 6.92 Å². The van der Waals surface area contributed by atoms with Gasteiger partial charge in [-0.2, -0.15) is 0 Å². The van der Waals surface area contributed by atoms with Gasteiger partial charge in [0.2, 0.25) is 0 Å². The first kappa shape index (κ1) is 14.8. The van der Waals surface area contributed by atoms with Crippen molar-refractivity contribution in [2.75, 3.05) is 0 Å². The molecule has 0 saturated heterocycles. The number of nitrogens with one attached hydrogen (secondary N) is 1. The molecule has 0 aliphatic rings. The van der Waals surface area contributed by atoms with Gasteiger partial charge >= 0.3 is 0 Å². The Morgan fingerprint density at radius 1 is 1.15 bits per heavy atom. The van der Waals surface area contributed by atoms with Crippen LogP contribution in [-0.2, 0) is 6.42 Å². The highest BCUT2D eigenvalue weighted by Gasteiger charge is 2.11. The maximum absolute atomic E-state index is 12.2. The third-order valence-electron chi connectivity index (χ3n) is 3.22.